The predicted molar refractivity (Wildman–Crippen MR) is 122 cm³/mol. The molecule has 158 valence electrons. The number of aryl methyl sites for hydroxylation is 2. The highest BCUT2D eigenvalue weighted by Crippen LogP contribution is 2.30. The fourth-order valence-corrected chi connectivity index (χ4v) is 3.91. The summed E-state index contributed by atoms with van der Waals surface area (Å²) in [7, 11) is 3.30. The molecule has 4 aromatic rings. The van der Waals surface area contributed by atoms with Crippen LogP contribution in [0.2, 0.25) is 5.02 Å². The molecule has 0 atom stereocenters. The fraction of sp³-hybridized carbons (Fsp3) is 0.100. The number of imidazole rings is 1. The maximum Gasteiger partial charge on any atom is 0.335 e. The van der Waals surface area contributed by atoms with Gasteiger partial charge in [0.25, 0.3) is 5.56 Å². The van der Waals surface area contributed by atoms with Gasteiger partial charge in [0.05, 0.1) is 27.4 Å². The second kappa shape index (κ2) is 7.71. The molecule has 0 unspecified atom stereocenters. The number of para-hydroxylation sites is 1. The van der Waals surface area contributed by atoms with Crippen LogP contribution in [0.5, 0.6) is 5.88 Å². The van der Waals surface area contributed by atoms with E-state index in [-0.39, 0.29) is 22.0 Å². The molecule has 2 aromatic carbocycles. The number of halogens is 2. The molecule has 0 radical (unpaired) electrons. The van der Waals surface area contributed by atoms with E-state index in [9.17, 15) is 19.5 Å². The first-order chi connectivity index (χ1) is 14.7. The van der Waals surface area contributed by atoms with Crippen LogP contribution in [0, 0.1) is 0 Å². The van der Waals surface area contributed by atoms with E-state index in [0.717, 1.165) is 10.8 Å². The van der Waals surface area contributed by atoms with E-state index in [1.807, 2.05) is 0 Å². The fourth-order valence-electron chi connectivity index (χ4n) is 3.25. The lowest BCUT2D eigenvalue weighted by atomic mass is 10.2. The summed E-state index contributed by atoms with van der Waals surface area (Å²) in [5, 5.41) is 10.9. The molecule has 31 heavy (non-hydrogen) atoms. The SMILES string of the molecule is Cn1c(=O)n(C)c2cc(N=Cc3c(O)n(-c4ccccc4Cl)c(=O)[nH]c3=O)c(Br)cc21. The summed E-state index contributed by atoms with van der Waals surface area (Å²) in [4.78, 5) is 43.3. The molecule has 0 aliphatic carbocycles. The molecule has 2 aromatic heterocycles. The van der Waals surface area contributed by atoms with Gasteiger partial charge in [-0.25, -0.2) is 14.2 Å². The predicted octanol–water partition coefficient (Wildman–Crippen LogP) is 2.59. The number of aromatic amines is 1. The van der Waals surface area contributed by atoms with Gasteiger partial charge in [0.2, 0.25) is 5.88 Å². The third-order valence-electron chi connectivity index (χ3n) is 4.89. The van der Waals surface area contributed by atoms with Crippen LogP contribution in [0.15, 0.2) is 60.2 Å². The van der Waals surface area contributed by atoms with Gasteiger partial charge in [0.15, 0.2) is 0 Å². The number of aromatic hydroxyl groups is 1. The summed E-state index contributed by atoms with van der Waals surface area (Å²) < 4.78 is 4.45. The Morgan fingerprint density at radius 3 is 2.42 bits per heavy atom. The molecule has 0 aliphatic rings. The average Bonchev–Trinajstić information content (AvgIpc) is 2.92. The Labute approximate surface area is 187 Å². The van der Waals surface area contributed by atoms with Crippen LogP contribution in [-0.4, -0.2) is 30.0 Å². The lowest BCUT2D eigenvalue weighted by molar-refractivity contribution is 0.430. The Balaban J connectivity index is 1.88. The zero-order valence-corrected chi connectivity index (χ0v) is 18.6. The van der Waals surface area contributed by atoms with Crippen molar-refractivity contribution in [3.05, 3.63) is 82.8 Å². The number of rotatable bonds is 3. The topological polar surface area (TPSA) is 114 Å². The molecule has 0 saturated heterocycles. The van der Waals surface area contributed by atoms with Gasteiger partial charge >= 0.3 is 11.4 Å². The number of hydrogen-bond donors (Lipinski definition) is 2. The van der Waals surface area contributed by atoms with Gasteiger partial charge < -0.3 is 5.11 Å². The van der Waals surface area contributed by atoms with Crippen molar-refractivity contribution in [3.63, 3.8) is 0 Å². The van der Waals surface area contributed by atoms with Gasteiger partial charge in [-0.05, 0) is 40.2 Å². The number of H-pyrrole nitrogens is 1. The van der Waals surface area contributed by atoms with Gasteiger partial charge in [0, 0.05) is 24.8 Å². The van der Waals surface area contributed by atoms with Gasteiger partial charge in [-0.1, -0.05) is 23.7 Å². The number of benzene rings is 2. The highest BCUT2D eigenvalue weighted by molar-refractivity contribution is 9.10. The molecule has 11 heteroatoms. The molecule has 0 amide bonds. The minimum Gasteiger partial charge on any atom is -0.493 e. The van der Waals surface area contributed by atoms with Gasteiger partial charge in [-0.3, -0.25) is 23.9 Å². The van der Waals surface area contributed by atoms with Crippen molar-refractivity contribution in [2.45, 2.75) is 0 Å². The molecule has 2 heterocycles. The first-order valence-electron chi connectivity index (χ1n) is 8.93. The molecule has 9 nitrogen and oxygen atoms in total. The van der Waals surface area contributed by atoms with Crippen LogP contribution in [0.4, 0.5) is 5.69 Å². The monoisotopic (exact) mass is 503 g/mol. The van der Waals surface area contributed by atoms with E-state index < -0.39 is 17.1 Å². The summed E-state index contributed by atoms with van der Waals surface area (Å²) in [6, 6.07) is 9.81. The van der Waals surface area contributed by atoms with E-state index in [1.54, 1.807) is 44.4 Å². The van der Waals surface area contributed by atoms with E-state index in [4.69, 9.17) is 11.6 Å². The second-order valence-corrected chi connectivity index (χ2v) is 8.00. The lowest BCUT2D eigenvalue weighted by Crippen LogP contribution is -2.31. The summed E-state index contributed by atoms with van der Waals surface area (Å²) in [6.45, 7) is 0. The van der Waals surface area contributed by atoms with Crippen molar-refractivity contribution in [2.75, 3.05) is 0 Å². The smallest absolute Gasteiger partial charge is 0.335 e. The molecule has 0 saturated carbocycles. The molecule has 0 fully saturated rings. The van der Waals surface area contributed by atoms with E-state index in [2.05, 4.69) is 25.9 Å². The third kappa shape index (κ3) is 3.43. The Bertz CT molecular complexity index is 1560. The Morgan fingerprint density at radius 1 is 1.10 bits per heavy atom. The van der Waals surface area contributed by atoms with Gasteiger partial charge in [0.1, 0.15) is 5.56 Å². The number of fused-ring (bicyclic) bond motifs is 1. The zero-order chi connectivity index (χ0) is 22.4. The summed E-state index contributed by atoms with van der Waals surface area (Å²) in [5.74, 6) is -0.602. The van der Waals surface area contributed by atoms with E-state index >= 15 is 0 Å². The molecule has 0 bridgehead atoms. The van der Waals surface area contributed by atoms with Crippen LogP contribution in [-0.2, 0) is 14.1 Å². The standard InChI is InChI=1S/C20H15BrClN5O4/c1-25-15-7-11(21)13(8-16(15)26(2)20(25)31)23-9-10-17(28)24-19(30)27(18(10)29)14-6-4-3-5-12(14)22/h3-9,29H,1-2H3,(H,24,28,30). The van der Waals surface area contributed by atoms with Crippen LogP contribution >= 0.6 is 27.5 Å². The largest absolute Gasteiger partial charge is 0.493 e. The maximum absolute atomic E-state index is 12.3. The van der Waals surface area contributed by atoms with Crippen LogP contribution in [0.25, 0.3) is 16.7 Å². The summed E-state index contributed by atoms with van der Waals surface area (Å²) in [6.07, 6.45) is 1.15. The first kappa shape index (κ1) is 20.9. The summed E-state index contributed by atoms with van der Waals surface area (Å²) >= 11 is 9.55. The van der Waals surface area contributed by atoms with Crippen molar-refractivity contribution in [1.82, 2.24) is 18.7 Å². The second-order valence-electron chi connectivity index (χ2n) is 6.73. The Kier molecular flexibility index (Phi) is 5.19. The van der Waals surface area contributed by atoms with E-state index in [1.165, 1.54) is 15.2 Å². The molecule has 2 N–H and O–H groups in total. The van der Waals surface area contributed by atoms with Gasteiger partial charge in [-0.2, -0.15) is 0 Å². The van der Waals surface area contributed by atoms with Crippen LogP contribution in [0.1, 0.15) is 5.56 Å². The number of aliphatic imine (C=N–C) groups is 1. The minimum atomic E-state index is -0.838. The van der Waals surface area contributed by atoms with Crippen molar-refractivity contribution in [2.24, 2.45) is 19.1 Å². The number of nitrogens with zero attached hydrogens (tertiary/aromatic N) is 4. The van der Waals surface area contributed by atoms with Gasteiger partial charge in [-0.15, -0.1) is 0 Å². The quantitative estimate of drug-likeness (QED) is 0.417. The Morgan fingerprint density at radius 2 is 1.74 bits per heavy atom. The molecular weight excluding hydrogens is 490 g/mol. The number of hydrogen-bond acceptors (Lipinski definition) is 5. The van der Waals surface area contributed by atoms with E-state index in [0.29, 0.717) is 21.2 Å². The van der Waals surface area contributed by atoms with Crippen molar-refractivity contribution in [3.8, 4) is 11.6 Å². The molecular formula is C20H15BrClN5O4. The number of aromatic nitrogens is 4. The maximum atomic E-state index is 12.3. The number of nitrogens with one attached hydrogen (secondary N) is 1. The van der Waals surface area contributed by atoms with Crippen molar-refractivity contribution in [1.29, 1.82) is 0 Å². The normalized spacial score (nSPS) is 11.6. The average molecular weight is 505 g/mol. The molecule has 0 spiro atoms. The minimum absolute atomic E-state index is 0.191. The highest BCUT2D eigenvalue weighted by atomic mass is 79.9. The zero-order valence-electron chi connectivity index (χ0n) is 16.3. The lowest BCUT2D eigenvalue weighted by Gasteiger charge is -2.11. The van der Waals surface area contributed by atoms with Crippen LogP contribution in [0.3, 0.4) is 0 Å². The third-order valence-corrected chi connectivity index (χ3v) is 5.84. The highest BCUT2D eigenvalue weighted by Gasteiger charge is 2.16. The summed E-state index contributed by atoms with van der Waals surface area (Å²) in [5.41, 5.74) is -0.0957. The van der Waals surface area contributed by atoms with Crippen molar-refractivity contribution < 1.29 is 5.11 Å². The Hall–Kier alpha value is -3.37. The molecule has 0 aliphatic heterocycles. The van der Waals surface area contributed by atoms with Crippen molar-refractivity contribution >= 4 is 50.5 Å². The molecule has 4 rings (SSSR count). The van der Waals surface area contributed by atoms with Crippen LogP contribution < -0.4 is 16.9 Å². The first-order valence-corrected chi connectivity index (χ1v) is 10.1.